The van der Waals surface area contributed by atoms with Crippen molar-refractivity contribution in [1.29, 1.82) is 0 Å². The first-order valence-electron chi connectivity index (χ1n) is 6.18. The average molecular weight is 238 g/mol. The first-order chi connectivity index (χ1) is 8.27. The van der Waals surface area contributed by atoms with E-state index in [9.17, 15) is 4.79 Å². The van der Waals surface area contributed by atoms with Gasteiger partial charge in [0.15, 0.2) is 17.3 Å². The van der Waals surface area contributed by atoms with Gasteiger partial charge in [0.1, 0.15) is 13.2 Å². The quantitative estimate of drug-likeness (QED) is 0.700. The number of carbonyl (C=O) groups excluding carboxylic acids is 1. The van der Waals surface area contributed by atoms with E-state index in [0.717, 1.165) is 5.75 Å². The van der Waals surface area contributed by atoms with Gasteiger partial charge in [-0.2, -0.15) is 0 Å². The summed E-state index contributed by atoms with van der Waals surface area (Å²) in [6, 6.07) is 5.23. The van der Waals surface area contributed by atoms with E-state index in [-0.39, 0.29) is 5.78 Å². The molecule has 1 aromatic carbocycles. The van der Waals surface area contributed by atoms with Gasteiger partial charge in [0.2, 0.25) is 0 Å². The minimum absolute atomic E-state index is 0.0389. The minimum Gasteiger partial charge on any atom is -0.486 e. The Hall–Kier alpha value is -1.51. The van der Waals surface area contributed by atoms with Crippen LogP contribution in [0.5, 0.6) is 11.5 Å². The third kappa shape index (κ3) is 4.47. The van der Waals surface area contributed by atoms with Gasteiger partial charge in [-0.25, -0.2) is 0 Å². The molecule has 0 aliphatic carbocycles. The van der Waals surface area contributed by atoms with E-state index >= 15 is 0 Å². The van der Waals surface area contributed by atoms with E-state index in [4.69, 9.17) is 9.47 Å². The maximum absolute atomic E-state index is 11.0. The molecule has 1 heterocycles. The fourth-order valence-corrected chi connectivity index (χ4v) is 1.26. The van der Waals surface area contributed by atoms with Crippen molar-refractivity contribution in [1.82, 2.24) is 0 Å². The van der Waals surface area contributed by atoms with Crippen LogP contribution in [0.4, 0.5) is 0 Å². The van der Waals surface area contributed by atoms with Crippen LogP contribution >= 0.6 is 0 Å². The molecule has 96 valence electrons. The zero-order valence-electron chi connectivity index (χ0n) is 11.4. The number of carbonyl (C=O) groups is 1. The van der Waals surface area contributed by atoms with Gasteiger partial charge in [-0.05, 0) is 25.1 Å². The van der Waals surface area contributed by atoms with E-state index in [2.05, 4.69) is 0 Å². The van der Waals surface area contributed by atoms with Crippen molar-refractivity contribution in [2.24, 2.45) is 0 Å². The summed E-state index contributed by atoms with van der Waals surface area (Å²) in [7, 11) is 0. The Morgan fingerprint density at radius 2 is 1.53 bits per heavy atom. The molecule has 1 aromatic rings. The summed E-state index contributed by atoms with van der Waals surface area (Å²) in [6.45, 7) is 10.7. The summed E-state index contributed by atoms with van der Waals surface area (Å²) >= 11 is 0. The first kappa shape index (κ1) is 15.5. The van der Waals surface area contributed by atoms with Crippen molar-refractivity contribution < 1.29 is 14.3 Å². The lowest BCUT2D eigenvalue weighted by Crippen LogP contribution is -2.15. The first-order valence-corrected chi connectivity index (χ1v) is 6.18. The second kappa shape index (κ2) is 8.62. The molecule has 0 atom stereocenters. The van der Waals surface area contributed by atoms with Crippen LogP contribution in [0, 0.1) is 0 Å². The van der Waals surface area contributed by atoms with Crippen molar-refractivity contribution in [3.63, 3.8) is 0 Å². The standard InChI is InChI=1S/C10H10O3.2C2H6/c1-7(11)8-2-3-9-10(6-8)13-5-4-12-9;2*1-2/h2-3,6H,4-5H2,1H3;2*1-2H3. The fourth-order valence-electron chi connectivity index (χ4n) is 1.26. The highest BCUT2D eigenvalue weighted by Crippen LogP contribution is 2.30. The van der Waals surface area contributed by atoms with Gasteiger partial charge in [-0.3, -0.25) is 4.79 Å². The smallest absolute Gasteiger partial charge is 0.162 e. The fraction of sp³-hybridized carbons (Fsp3) is 0.500. The molecule has 3 nitrogen and oxygen atoms in total. The van der Waals surface area contributed by atoms with Crippen LogP contribution in [0.3, 0.4) is 0 Å². The van der Waals surface area contributed by atoms with Crippen LogP contribution in [-0.4, -0.2) is 19.0 Å². The van der Waals surface area contributed by atoms with E-state index in [1.165, 1.54) is 6.92 Å². The number of hydrogen-bond donors (Lipinski definition) is 0. The van der Waals surface area contributed by atoms with E-state index in [0.29, 0.717) is 24.5 Å². The topological polar surface area (TPSA) is 35.5 Å². The second-order valence-corrected chi connectivity index (χ2v) is 2.91. The largest absolute Gasteiger partial charge is 0.486 e. The lowest BCUT2D eigenvalue weighted by molar-refractivity contribution is 0.101. The number of hydrogen-bond acceptors (Lipinski definition) is 3. The number of benzene rings is 1. The molecule has 17 heavy (non-hydrogen) atoms. The molecule has 0 saturated carbocycles. The van der Waals surface area contributed by atoms with Gasteiger partial charge in [0, 0.05) is 5.56 Å². The zero-order valence-corrected chi connectivity index (χ0v) is 11.4. The van der Waals surface area contributed by atoms with Crippen molar-refractivity contribution >= 4 is 5.78 Å². The molecule has 0 aromatic heterocycles. The van der Waals surface area contributed by atoms with Gasteiger partial charge in [0.25, 0.3) is 0 Å². The van der Waals surface area contributed by atoms with Crippen LogP contribution in [0.25, 0.3) is 0 Å². The molecule has 0 saturated heterocycles. The molecule has 2 rings (SSSR count). The average Bonchev–Trinajstić information content (AvgIpc) is 2.42. The molecule has 0 bridgehead atoms. The SMILES string of the molecule is CC.CC.CC(=O)c1ccc2c(c1)OCCO2. The number of ether oxygens (including phenoxy) is 2. The Bertz CT molecular complexity index is 345. The highest BCUT2D eigenvalue weighted by Gasteiger charge is 2.12. The Morgan fingerprint density at radius 3 is 2.06 bits per heavy atom. The Balaban J connectivity index is 0.000000581. The molecule has 0 fully saturated rings. The predicted octanol–water partition coefficient (Wildman–Crippen LogP) is 3.71. The van der Waals surface area contributed by atoms with Gasteiger partial charge >= 0.3 is 0 Å². The van der Waals surface area contributed by atoms with E-state index < -0.39 is 0 Å². The van der Waals surface area contributed by atoms with Crippen LogP contribution < -0.4 is 9.47 Å². The monoisotopic (exact) mass is 238 g/mol. The van der Waals surface area contributed by atoms with Gasteiger partial charge in [-0.15, -0.1) is 0 Å². The molecular weight excluding hydrogens is 216 g/mol. The molecule has 0 unspecified atom stereocenters. The zero-order chi connectivity index (χ0) is 13.3. The minimum atomic E-state index is 0.0389. The summed E-state index contributed by atoms with van der Waals surface area (Å²) in [5.41, 5.74) is 0.657. The Morgan fingerprint density at radius 1 is 1.00 bits per heavy atom. The number of fused-ring (bicyclic) bond motifs is 1. The lowest BCUT2D eigenvalue weighted by Gasteiger charge is -2.18. The normalized spacial score (nSPS) is 11.4. The van der Waals surface area contributed by atoms with Crippen molar-refractivity contribution in [3.05, 3.63) is 23.8 Å². The summed E-state index contributed by atoms with van der Waals surface area (Å²) in [6.07, 6.45) is 0. The van der Waals surface area contributed by atoms with Crippen LogP contribution in [0.2, 0.25) is 0 Å². The summed E-state index contributed by atoms with van der Waals surface area (Å²) < 4.78 is 10.7. The van der Waals surface area contributed by atoms with Crippen molar-refractivity contribution in [2.75, 3.05) is 13.2 Å². The third-order valence-corrected chi connectivity index (χ3v) is 1.95. The maximum atomic E-state index is 11.0. The third-order valence-electron chi connectivity index (χ3n) is 1.95. The molecule has 3 heteroatoms. The number of rotatable bonds is 1. The Kier molecular flexibility index (Phi) is 7.85. The highest BCUT2D eigenvalue weighted by atomic mass is 16.6. The maximum Gasteiger partial charge on any atom is 0.162 e. The lowest BCUT2D eigenvalue weighted by atomic mass is 10.1. The Labute approximate surface area is 104 Å². The molecular formula is C14H22O3. The van der Waals surface area contributed by atoms with E-state index in [1.54, 1.807) is 18.2 Å². The van der Waals surface area contributed by atoms with Gasteiger partial charge in [-0.1, -0.05) is 27.7 Å². The van der Waals surface area contributed by atoms with Gasteiger partial charge < -0.3 is 9.47 Å². The molecule has 0 radical (unpaired) electrons. The second-order valence-electron chi connectivity index (χ2n) is 2.91. The number of Topliss-reactive ketones (excluding diaryl/α,β-unsaturated/α-hetero) is 1. The summed E-state index contributed by atoms with van der Waals surface area (Å²) in [5.74, 6) is 1.42. The molecule has 0 spiro atoms. The molecule has 0 N–H and O–H groups in total. The van der Waals surface area contributed by atoms with Crippen molar-refractivity contribution in [2.45, 2.75) is 34.6 Å². The van der Waals surface area contributed by atoms with E-state index in [1.807, 2.05) is 27.7 Å². The predicted molar refractivity (Wildman–Crippen MR) is 70.1 cm³/mol. The molecule has 1 aliphatic rings. The van der Waals surface area contributed by atoms with Gasteiger partial charge in [0.05, 0.1) is 0 Å². The molecule has 0 amide bonds. The summed E-state index contributed by atoms with van der Waals surface area (Å²) in [5, 5.41) is 0. The van der Waals surface area contributed by atoms with Crippen LogP contribution in [-0.2, 0) is 0 Å². The van der Waals surface area contributed by atoms with Crippen LogP contribution in [0.15, 0.2) is 18.2 Å². The van der Waals surface area contributed by atoms with Crippen LogP contribution in [0.1, 0.15) is 45.0 Å². The summed E-state index contributed by atoms with van der Waals surface area (Å²) in [4.78, 5) is 11.0. The van der Waals surface area contributed by atoms with Crippen molar-refractivity contribution in [3.8, 4) is 11.5 Å². The molecule has 1 aliphatic heterocycles. The highest BCUT2D eigenvalue weighted by molar-refractivity contribution is 5.94. The number of ketones is 1.